The Labute approximate surface area is 217 Å². The quantitative estimate of drug-likeness (QED) is 0.294. The summed E-state index contributed by atoms with van der Waals surface area (Å²) in [6.07, 6.45) is 11.1. The highest BCUT2D eigenvalue weighted by Gasteiger charge is 2.19. The first-order valence-electron chi connectivity index (χ1n) is 12.4. The average molecular weight is 498 g/mol. The van der Waals surface area contributed by atoms with Gasteiger partial charge in [-0.2, -0.15) is 0 Å². The van der Waals surface area contributed by atoms with E-state index < -0.39 is 5.91 Å². The van der Waals surface area contributed by atoms with E-state index in [1.807, 2.05) is 29.0 Å². The summed E-state index contributed by atoms with van der Waals surface area (Å²) < 4.78 is 4.20. The third-order valence-corrected chi connectivity index (χ3v) is 6.07. The number of rotatable bonds is 8. The smallest absolute Gasteiger partial charge is 0.250 e. The van der Waals surface area contributed by atoms with Gasteiger partial charge in [0.1, 0.15) is 0 Å². The van der Waals surface area contributed by atoms with Crippen molar-refractivity contribution in [1.82, 2.24) is 14.1 Å². The van der Waals surface area contributed by atoms with E-state index in [-0.39, 0.29) is 5.54 Å². The van der Waals surface area contributed by atoms with Crippen molar-refractivity contribution in [2.24, 2.45) is 16.5 Å². The molecule has 0 saturated heterocycles. The van der Waals surface area contributed by atoms with E-state index in [1.54, 1.807) is 25.7 Å². The van der Waals surface area contributed by atoms with Gasteiger partial charge >= 0.3 is 0 Å². The Morgan fingerprint density at radius 1 is 1.19 bits per heavy atom. The molecular formula is C29H35N7O. The van der Waals surface area contributed by atoms with E-state index in [9.17, 15) is 4.79 Å². The van der Waals surface area contributed by atoms with E-state index >= 15 is 0 Å². The van der Waals surface area contributed by atoms with Crippen LogP contribution in [0.1, 0.15) is 55.7 Å². The van der Waals surface area contributed by atoms with Gasteiger partial charge in [0.05, 0.1) is 28.8 Å². The van der Waals surface area contributed by atoms with Crippen molar-refractivity contribution < 1.29 is 4.79 Å². The van der Waals surface area contributed by atoms with Gasteiger partial charge in [0.15, 0.2) is 0 Å². The second kappa shape index (κ2) is 10.3. The lowest BCUT2D eigenvalue weighted by atomic mass is 10.1. The van der Waals surface area contributed by atoms with Crippen LogP contribution in [-0.2, 0) is 6.42 Å². The Kier molecular flexibility index (Phi) is 7.20. The number of hydrogen-bond donors (Lipinski definition) is 3. The van der Waals surface area contributed by atoms with Crippen molar-refractivity contribution in [2.75, 3.05) is 12.4 Å². The van der Waals surface area contributed by atoms with Gasteiger partial charge in [0.25, 0.3) is 5.91 Å². The molecule has 4 rings (SSSR count). The van der Waals surface area contributed by atoms with Gasteiger partial charge in [-0.15, -0.1) is 0 Å². The maximum atomic E-state index is 12.1. The molecule has 0 atom stereocenters. The summed E-state index contributed by atoms with van der Waals surface area (Å²) in [5, 5.41) is 4.59. The van der Waals surface area contributed by atoms with Crippen molar-refractivity contribution >= 4 is 34.3 Å². The molecule has 2 aromatic heterocycles. The van der Waals surface area contributed by atoms with Gasteiger partial charge in [-0.05, 0) is 63.1 Å². The number of aryl methyl sites for hydroxylation is 1. The molecule has 0 bridgehead atoms. The number of fused-ring (bicyclic) bond motifs is 1. The Morgan fingerprint density at radius 2 is 1.97 bits per heavy atom. The number of primary amides is 1. The highest BCUT2D eigenvalue weighted by molar-refractivity contribution is 6.08. The normalized spacial score (nSPS) is 12.5. The summed E-state index contributed by atoms with van der Waals surface area (Å²) in [6, 6.07) is 12.0. The summed E-state index contributed by atoms with van der Waals surface area (Å²) in [4.78, 5) is 20.8. The van der Waals surface area contributed by atoms with Crippen molar-refractivity contribution in [2.45, 2.75) is 46.1 Å². The van der Waals surface area contributed by atoms with E-state index in [2.05, 4.69) is 65.9 Å². The molecule has 0 aliphatic carbocycles. The molecule has 0 radical (unpaired) electrons. The van der Waals surface area contributed by atoms with Crippen LogP contribution in [0.15, 0.2) is 66.3 Å². The predicted octanol–water partition coefficient (Wildman–Crippen LogP) is 5.08. The van der Waals surface area contributed by atoms with Crippen molar-refractivity contribution in [3.05, 3.63) is 78.1 Å². The third-order valence-electron chi connectivity index (χ3n) is 6.07. The Hall–Kier alpha value is -4.33. The Bertz CT molecular complexity index is 1500. The van der Waals surface area contributed by atoms with Crippen LogP contribution < -0.4 is 16.8 Å². The molecular weight excluding hydrogens is 462 g/mol. The molecule has 1 amide bonds. The lowest BCUT2D eigenvalue weighted by molar-refractivity contribution is 0.100. The Morgan fingerprint density at radius 3 is 2.62 bits per heavy atom. The van der Waals surface area contributed by atoms with E-state index in [4.69, 9.17) is 11.5 Å². The fraction of sp³-hybridized carbons (Fsp3) is 0.276. The molecule has 2 heterocycles. The van der Waals surface area contributed by atoms with Gasteiger partial charge in [-0.1, -0.05) is 19.4 Å². The standard InChI is InChI=1S/C29H35N7O/c1-6-8-19-16-36(21-11-12-22(28(31)37)23(13-21)34-29(2,3)4)26-10-7-9-25(27(19)26)35-17-24(33-18-35)20(14-30)15-32-5/h7,9-18,34H,6,8,30H2,1-5H3,(H2,31,37). The lowest BCUT2D eigenvalue weighted by Crippen LogP contribution is -2.28. The summed E-state index contributed by atoms with van der Waals surface area (Å²) in [5.41, 5.74) is 18.2. The minimum atomic E-state index is -0.459. The topological polar surface area (TPSA) is 116 Å². The molecule has 0 spiro atoms. The summed E-state index contributed by atoms with van der Waals surface area (Å²) in [5.74, 6) is -0.459. The van der Waals surface area contributed by atoms with Gasteiger partial charge in [-0.25, -0.2) is 4.98 Å². The minimum absolute atomic E-state index is 0.236. The molecule has 8 nitrogen and oxygen atoms in total. The molecule has 192 valence electrons. The average Bonchev–Trinajstić information content (AvgIpc) is 3.47. The Balaban J connectivity index is 1.90. The maximum absolute atomic E-state index is 12.1. The number of nitrogens with two attached hydrogens (primary N) is 2. The highest BCUT2D eigenvalue weighted by atomic mass is 16.1. The number of aromatic nitrogens is 3. The minimum Gasteiger partial charge on any atom is -0.404 e. The van der Waals surface area contributed by atoms with E-state index in [0.29, 0.717) is 11.3 Å². The SMILES string of the molecule is CCCc1cn(-c2ccc(C(N)=O)c(NC(C)(C)C)c2)c2cccc(-n3cnc(C(C=NC)=CN)c3)c12. The van der Waals surface area contributed by atoms with Crippen molar-refractivity contribution in [3.63, 3.8) is 0 Å². The maximum Gasteiger partial charge on any atom is 0.250 e. The largest absolute Gasteiger partial charge is 0.404 e. The lowest BCUT2D eigenvalue weighted by Gasteiger charge is -2.24. The number of nitrogens with zero attached hydrogens (tertiary/aromatic N) is 4. The molecule has 8 heteroatoms. The van der Waals surface area contributed by atoms with Crippen LogP contribution in [-0.4, -0.2) is 38.8 Å². The van der Waals surface area contributed by atoms with Gasteiger partial charge in [-0.3, -0.25) is 9.79 Å². The fourth-order valence-corrected chi connectivity index (χ4v) is 4.58. The van der Waals surface area contributed by atoms with Crippen molar-refractivity contribution in [3.8, 4) is 11.4 Å². The second-order valence-electron chi connectivity index (χ2n) is 10.1. The van der Waals surface area contributed by atoms with Crippen LogP contribution in [0.3, 0.4) is 0 Å². The zero-order valence-corrected chi connectivity index (χ0v) is 22.1. The first kappa shape index (κ1) is 25.8. The first-order chi connectivity index (χ1) is 17.7. The third kappa shape index (κ3) is 5.28. The van der Waals surface area contributed by atoms with Gasteiger partial charge in [0, 0.05) is 59.7 Å². The molecule has 5 N–H and O–H groups in total. The number of aliphatic imine (C=N–C) groups is 1. The molecule has 0 aliphatic heterocycles. The van der Waals surface area contributed by atoms with Crippen LogP contribution in [0.5, 0.6) is 0 Å². The summed E-state index contributed by atoms with van der Waals surface area (Å²) >= 11 is 0. The van der Waals surface area contributed by atoms with E-state index in [0.717, 1.165) is 46.4 Å². The molecule has 37 heavy (non-hydrogen) atoms. The van der Waals surface area contributed by atoms with E-state index in [1.165, 1.54) is 11.8 Å². The number of anilines is 1. The van der Waals surface area contributed by atoms with Gasteiger partial charge < -0.3 is 25.9 Å². The van der Waals surface area contributed by atoms with Crippen LogP contribution >= 0.6 is 0 Å². The van der Waals surface area contributed by atoms with Gasteiger partial charge in [0.2, 0.25) is 0 Å². The zero-order valence-electron chi connectivity index (χ0n) is 22.1. The predicted molar refractivity (Wildman–Crippen MR) is 153 cm³/mol. The number of carbonyl (C=O) groups excluding carboxylic acids is 1. The van der Waals surface area contributed by atoms with Crippen LogP contribution in [0.2, 0.25) is 0 Å². The number of carbonyl (C=O) groups is 1. The zero-order chi connectivity index (χ0) is 26.7. The summed E-state index contributed by atoms with van der Waals surface area (Å²) in [7, 11) is 1.71. The number of allylic oxidation sites excluding steroid dienone is 1. The fourth-order valence-electron chi connectivity index (χ4n) is 4.58. The number of hydrogen-bond acceptors (Lipinski definition) is 5. The first-order valence-corrected chi connectivity index (χ1v) is 12.4. The van der Waals surface area contributed by atoms with Crippen LogP contribution in [0.25, 0.3) is 27.9 Å². The number of benzene rings is 2. The molecule has 0 unspecified atom stereocenters. The number of amides is 1. The molecule has 4 aromatic rings. The van der Waals surface area contributed by atoms with Crippen LogP contribution in [0, 0.1) is 0 Å². The molecule has 0 saturated carbocycles. The monoisotopic (exact) mass is 497 g/mol. The molecule has 0 fully saturated rings. The number of imidazole rings is 1. The summed E-state index contributed by atoms with van der Waals surface area (Å²) in [6.45, 7) is 8.34. The molecule has 0 aliphatic rings. The van der Waals surface area contributed by atoms with Crippen LogP contribution in [0.4, 0.5) is 5.69 Å². The number of nitrogens with one attached hydrogen (secondary N) is 1. The highest BCUT2D eigenvalue weighted by Crippen LogP contribution is 2.33. The second-order valence-corrected chi connectivity index (χ2v) is 10.1. The van der Waals surface area contributed by atoms with Crippen molar-refractivity contribution in [1.29, 1.82) is 0 Å². The molecule has 2 aromatic carbocycles.